The molecule has 0 amide bonds. The molecule has 2 aromatic rings. The molecule has 0 atom stereocenters. The molecule has 4 heteroatoms. The molecule has 0 saturated carbocycles. The molecular weight excluding hydrogens is 218 g/mol. The first-order valence-corrected chi connectivity index (χ1v) is 5.31. The summed E-state index contributed by atoms with van der Waals surface area (Å²) in [6, 6.07) is 7.24. The van der Waals surface area contributed by atoms with Gasteiger partial charge in [-0.05, 0) is 26.0 Å². The van der Waals surface area contributed by atoms with Gasteiger partial charge in [-0.25, -0.2) is 0 Å². The SMILES string of the molecule is CC(=O)c1cc(C)ccc1OCc1ccno1. The zero-order valence-electron chi connectivity index (χ0n) is 9.77. The van der Waals surface area contributed by atoms with Crippen molar-refractivity contribution in [2.45, 2.75) is 20.5 Å². The Kier molecular flexibility index (Phi) is 3.23. The second kappa shape index (κ2) is 4.82. The van der Waals surface area contributed by atoms with Gasteiger partial charge in [0.05, 0.1) is 11.8 Å². The summed E-state index contributed by atoms with van der Waals surface area (Å²) in [6.45, 7) is 3.73. The van der Waals surface area contributed by atoms with E-state index in [1.54, 1.807) is 18.3 Å². The van der Waals surface area contributed by atoms with E-state index in [1.165, 1.54) is 6.92 Å². The van der Waals surface area contributed by atoms with Gasteiger partial charge in [-0.15, -0.1) is 0 Å². The van der Waals surface area contributed by atoms with Gasteiger partial charge < -0.3 is 9.26 Å². The van der Waals surface area contributed by atoms with Crippen LogP contribution in [-0.2, 0) is 6.61 Å². The minimum absolute atomic E-state index is 0.0127. The summed E-state index contributed by atoms with van der Waals surface area (Å²) in [5, 5.41) is 3.58. The van der Waals surface area contributed by atoms with Crippen molar-refractivity contribution in [3.8, 4) is 5.75 Å². The summed E-state index contributed by atoms with van der Waals surface area (Å²) < 4.78 is 10.5. The smallest absolute Gasteiger partial charge is 0.174 e. The average molecular weight is 231 g/mol. The molecule has 1 heterocycles. The molecule has 0 aliphatic rings. The minimum atomic E-state index is -0.0127. The molecular formula is C13H13NO3. The van der Waals surface area contributed by atoms with E-state index in [0.717, 1.165) is 5.56 Å². The summed E-state index contributed by atoms with van der Waals surface area (Å²) in [7, 11) is 0. The van der Waals surface area contributed by atoms with Crippen LogP contribution in [0.25, 0.3) is 0 Å². The highest BCUT2D eigenvalue weighted by atomic mass is 16.5. The number of Topliss-reactive ketones (excluding diaryl/α,β-unsaturated/α-hetero) is 1. The first-order valence-electron chi connectivity index (χ1n) is 5.31. The molecule has 0 unspecified atom stereocenters. The monoisotopic (exact) mass is 231 g/mol. The normalized spacial score (nSPS) is 10.2. The lowest BCUT2D eigenvalue weighted by Crippen LogP contribution is -2.01. The number of benzene rings is 1. The van der Waals surface area contributed by atoms with Crippen molar-refractivity contribution < 1.29 is 14.1 Å². The van der Waals surface area contributed by atoms with Crippen molar-refractivity contribution in [3.63, 3.8) is 0 Å². The van der Waals surface area contributed by atoms with Crippen LogP contribution in [0.3, 0.4) is 0 Å². The van der Waals surface area contributed by atoms with Crippen molar-refractivity contribution >= 4 is 5.78 Å². The number of hydrogen-bond acceptors (Lipinski definition) is 4. The van der Waals surface area contributed by atoms with E-state index in [1.807, 2.05) is 19.1 Å². The van der Waals surface area contributed by atoms with Gasteiger partial charge in [0.15, 0.2) is 11.5 Å². The number of hydrogen-bond donors (Lipinski definition) is 0. The van der Waals surface area contributed by atoms with E-state index >= 15 is 0 Å². The molecule has 4 nitrogen and oxygen atoms in total. The van der Waals surface area contributed by atoms with Crippen LogP contribution in [0.1, 0.15) is 28.6 Å². The van der Waals surface area contributed by atoms with Gasteiger partial charge in [0.25, 0.3) is 0 Å². The Hall–Kier alpha value is -2.10. The van der Waals surface area contributed by atoms with Crippen LogP contribution in [0.2, 0.25) is 0 Å². The van der Waals surface area contributed by atoms with Gasteiger partial charge in [-0.1, -0.05) is 16.8 Å². The van der Waals surface area contributed by atoms with Crippen LogP contribution in [0.15, 0.2) is 35.0 Å². The Bertz CT molecular complexity index is 517. The van der Waals surface area contributed by atoms with Crippen LogP contribution < -0.4 is 4.74 Å². The summed E-state index contributed by atoms with van der Waals surface area (Å²) in [5.74, 6) is 1.18. The van der Waals surface area contributed by atoms with Crippen LogP contribution in [0.4, 0.5) is 0 Å². The summed E-state index contributed by atoms with van der Waals surface area (Å²) >= 11 is 0. The molecule has 0 aliphatic heterocycles. The maximum atomic E-state index is 11.5. The molecule has 1 aromatic heterocycles. The third-order valence-corrected chi connectivity index (χ3v) is 2.38. The van der Waals surface area contributed by atoms with Crippen LogP contribution >= 0.6 is 0 Å². The van der Waals surface area contributed by atoms with Gasteiger partial charge in [-0.3, -0.25) is 4.79 Å². The first-order chi connectivity index (χ1) is 8.16. The Morgan fingerprint density at radius 2 is 2.24 bits per heavy atom. The van der Waals surface area contributed by atoms with Crippen molar-refractivity contribution in [2.75, 3.05) is 0 Å². The van der Waals surface area contributed by atoms with Crippen LogP contribution in [0, 0.1) is 6.92 Å². The fourth-order valence-corrected chi connectivity index (χ4v) is 1.51. The molecule has 0 saturated heterocycles. The second-order valence-electron chi connectivity index (χ2n) is 3.82. The molecule has 0 aliphatic carbocycles. The van der Waals surface area contributed by atoms with Crippen LogP contribution in [0.5, 0.6) is 5.75 Å². The van der Waals surface area contributed by atoms with Gasteiger partial charge in [-0.2, -0.15) is 0 Å². The highest BCUT2D eigenvalue weighted by Gasteiger charge is 2.09. The van der Waals surface area contributed by atoms with Gasteiger partial charge in [0, 0.05) is 6.07 Å². The number of carbonyl (C=O) groups excluding carboxylic acids is 1. The quantitative estimate of drug-likeness (QED) is 0.759. The first kappa shape index (κ1) is 11.4. The number of rotatable bonds is 4. The maximum absolute atomic E-state index is 11.5. The molecule has 0 spiro atoms. The number of aryl methyl sites for hydroxylation is 1. The lowest BCUT2D eigenvalue weighted by Gasteiger charge is -2.08. The van der Waals surface area contributed by atoms with E-state index in [0.29, 0.717) is 17.1 Å². The lowest BCUT2D eigenvalue weighted by atomic mass is 10.1. The molecule has 0 fully saturated rings. The van der Waals surface area contributed by atoms with E-state index < -0.39 is 0 Å². The van der Waals surface area contributed by atoms with Gasteiger partial charge >= 0.3 is 0 Å². The summed E-state index contributed by atoms with van der Waals surface area (Å²) in [6.07, 6.45) is 1.56. The molecule has 17 heavy (non-hydrogen) atoms. The number of ketones is 1. The van der Waals surface area contributed by atoms with E-state index in [4.69, 9.17) is 9.26 Å². The average Bonchev–Trinajstić information content (AvgIpc) is 2.80. The van der Waals surface area contributed by atoms with Crippen molar-refractivity contribution in [2.24, 2.45) is 0 Å². The molecule has 88 valence electrons. The van der Waals surface area contributed by atoms with Crippen LogP contribution in [-0.4, -0.2) is 10.9 Å². The number of carbonyl (C=O) groups is 1. The largest absolute Gasteiger partial charge is 0.485 e. The zero-order valence-corrected chi connectivity index (χ0v) is 9.77. The highest BCUT2D eigenvalue weighted by Crippen LogP contribution is 2.21. The Labute approximate surface area is 99.2 Å². The standard InChI is InChI=1S/C13H13NO3/c1-9-3-4-13(12(7-9)10(2)15)16-8-11-5-6-14-17-11/h3-7H,8H2,1-2H3. The van der Waals surface area contributed by atoms with E-state index in [2.05, 4.69) is 5.16 Å². The van der Waals surface area contributed by atoms with Crippen molar-refractivity contribution in [1.82, 2.24) is 5.16 Å². The number of nitrogens with zero attached hydrogens (tertiary/aromatic N) is 1. The van der Waals surface area contributed by atoms with E-state index in [-0.39, 0.29) is 12.4 Å². The molecule has 2 rings (SSSR count). The Morgan fingerprint density at radius 1 is 1.41 bits per heavy atom. The predicted octanol–water partition coefficient (Wildman–Crippen LogP) is 2.76. The maximum Gasteiger partial charge on any atom is 0.174 e. The molecule has 0 radical (unpaired) electrons. The Morgan fingerprint density at radius 3 is 2.88 bits per heavy atom. The third-order valence-electron chi connectivity index (χ3n) is 2.38. The van der Waals surface area contributed by atoms with E-state index in [9.17, 15) is 4.79 Å². The molecule has 0 N–H and O–H groups in total. The van der Waals surface area contributed by atoms with Gasteiger partial charge in [0.1, 0.15) is 12.4 Å². The molecule has 0 bridgehead atoms. The van der Waals surface area contributed by atoms with Crippen molar-refractivity contribution in [3.05, 3.63) is 47.3 Å². The highest BCUT2D eigenvalue weighted by molar-refractivity contribution is 5.97. The molecule has 1 aromatic carbocycles. The number of aromatic nitrogens is 1. The zero-order chi connectivity index (χ0) is 12.3. The van der Waals surface area contributed by atoms with Gasteiger partial charge in [0.2, 0.25) is 0 Å². The topological polar surface area (TPSA) is 52.3 Å². The predicted molar refractivity (Wildman–Crippen MR) is 62.0 cm³/mol. The Balaban J connectivity index is 2.17. The minimum Gasteiger partial charge on any atom is -0.485 e. The lowest BCUT2D eigenvalue weighted by molar-refractivity contribution is 0.101. The summed E-state index contributed by atoms with van der Waals surface area (Å²) in [4.78, 5) is 11.5. The summed E-state index contributed by atoms with van der Waals surface area (Å²) in [5.41, 5.74) is 1.62. The number of ether oxygens (including phenoxy) is 1. The fraction of sp³-hybridized carbons (Fsp3) is 0.231. The third kappa shape index (κ3) is 2.72. The fourth-order valence-electron chi connectivity index (χ4n) is 1.51. The second-order valence-corrected chi connectivity index (χ2v) is 3.82. The van der Waals surface area contributed by atoms with Crippen molar-refractivity contribution in [1.29, 1.82) is 0 Å².